The number of amides is 2. The fourth-order valence-corrected chi connectivity index (χ4v) is 2.65. The van der Waals surface area contributed by atoms with E-state index in [1.54, 1.807) is 35.1 Å². The third-order valence-electron chi connectivity index (χ3n) is 3.97. The number of hydrogen-bond donors (Lipinski definition) is 1. The second-order valence-electron chi connectivity index (χ2n) is 5.77. The van der Waals surface area contributed by atoms with Crippen molar-refractivity contribution in [3.05, 3.63) is 30.6 Å². The van der Waals surface area contributed by atoms with Crippen LogP contribution in [0.3, 0.4) is 0 Å². The van der Waals surface area contributed by atoms with Gasteiger partial charge in [0.05, 0.1) is 30.6 Å². The van der Waals surface area contributed by atoms with Crippen molar-refractivity contribution in [1.29, 1.82) is 0 Å². The first-order valence-corrected chi connectivity index (χ1v) is 7.96. The highest BCUT2D eigenvalue weighted by Gasteiger charge is 2.17. The van der Waals surface area contributed by atoms with Crippen molar-refractivity contribution in [3.63, 3.8) is 0 Å². The van der Waals surface area contributed by atoms with Crippen molar-refractivity contribution in [2.75, 3.05) is 31.6 Å². The Morgan fingerprint density at radius 2 is 2.08 bits per heavy atom. The highest BCUT2D eigenvalue weighted by atomic mass is 16.5. The predicted molar refractivity (Wildman–Crippen MR) is 90.9 cm³/mol. The molecule has 1 saturated heterocycles. The van der Waals surface area contributed by atoms with E-state index in [1.807, 2.05) is 12.1 Å². The zero-order chi connectivity index (χ0) is 17.2. The minimum Gasteiger partial charge on any atom is -0.378 e. The molecular weight excluding hydrogens is 322 g/mol. The molecule has 0 atom stereocenters. The van der Waals surface area contributed by atoms with E-state index in [1.165, 1.54) is 0 Å². The standard InChI is InChI=1S/C16H17N7O2/c1-22-10-14(20-21-22)12-3-2-11-9-17-15(8-13(11)18-12)19-16(24)23-4-6-25-7-5-23/h2-3,8-10H,4-7H2,1H3,(H,17,19,24). The van der Waals surface area contributed by atoms with E-state index in [4.69, 9.17) is 4.74 Å². The van der Waals surface area contributed by atoms with E-state index in [-0.39, 0.29) is 6.03 Å². The largest absolute Gasteiger partial charge is 0.378 e. The maximum absolute atomic E-state index is 12.3. The van der Waals surface area contributed by atoms with Gasteiger partial charge >= 0.3 is 6.03 Å². The number of carbonyl (C=O) groups excluding carboxylic acids is 1. The minimum atomic E-state index is -0.180. The van der Waals surface area contributed by atoms with E-state index in [0.717, 1.165) is 16.6 Å². The summed E-state index contributed by atoms with van der Waals surface area (Å²) in [6, 6.07) is 5.38. The van der Waals surface area contributed by atoms with Crippen molar-refractivity contribution >= 4 is 22.8 Å². The predicted octanol–water partition coefficient (Wildman–Crippen LogP) is 1.29. The lowest BCUT2D eigenvalue weighted by molar-refractivity contribution is 0.0564. The lowest BCUT2D eigenvalue weighted by Crippen LogP contribution is -2.43. The Morgan fingerprint density at radius 3 is 2.84 bits per heavy atom. The first-order valence-electron chi connectivity index (χ1n) is 7.96. The Balaban J connectivity index is 1.59. The van der Waals surface area contributed by atoms with Crippen LogP contribution in [-0.4, -0.2) is 62.2 Å². The highest BCUT2D eigenvalue weighted by molar-refractivity contribution is 5.91. The minimum absolute atomic E-state index is 0.180. The van der Waals surface area contributed by atoms with Gasteiger partial charge in [-0.2, -0.15) is 0 Å². The second-order valence-corrected chi connectivity index (χ2v) is 5.77. The molecule has 2 amide bonds. The Hall–Kier alpha value is -3.07. The van der Waals surface area contributed by atoms with Gasteiger partial charge < -0.3 is 9.64 Å². The first-order chi connectivity index (χ1) is 12.2. The maximum Gasteiger partial charge on any atom is 0.323 e. The molecule has 0 radical (unpaired) electrons. The van der Waals surface area contributed by atoms with Crippen LogP contribution in [-0.2, 0) is 11.8 Å². The van der Waals surface area contributed by atoms with Gasteiger partial charge in [-0.3, -0.25) is 10.00 Å². The summed E-state index contributed by atoms with van der Waals surface area (Å²) in [7, 11) is 1.81. The molecule has 1 aliphatic heterocycles. The Labute approximate surface area is 143 Å². The van der Waals surface area contributed by atoms with Crippen molar-refractivity contribution in [3.8, 4) is 11.4 Å². The third kappa shape index (κ3) is 3.26. The lowest BCUT2D eigenvalue weighted by atomic mass is 10.2. The summed E-state index contributed by atoms with van der Waals surface area (Å²) in [6.07, 6.45) is 3.49. The normalized spacial score (nSPS) is 14.7. The number of hydrogen-bond acceptors (Lipinski definition) is 6. The number of nitrogens with zero attached hydrogens (tertiary/aromatic N) is 6. The Kier molecular flexibility index (Phi) is 3.98. The smallest absolute Gasteiger partial charge is 0.323 e. The fraction of sp³-hybridized carbons (Fsp3) is 0.312. The number of aromatic nitrogens is 5. The molecule has 1 aliphatic rings. The lowest BCUT2D eigenvalue weighted by Gasteiger charge is -2.26. The maximum atomic E-state index is 12.3. The number of fused-ring (bicyclic) bond motifs is 1. The molecule has 4 rings (SSSR count). The molecule has 3 aromatic rings. The summed E-state index contributed by atoms with van der Waals surface area (Å²) in [4.78, 5) is 22.9. The van der Waals surface area contributed by atoms with Crippen LogP contribution in [0.4, 0.5) is 10.6 Å². The van der Waals surface area contributed by atoms with Crippen LogP contribution >= 0.6 is 0 Å². The molecule has 9 heteroatoms. The fourth-order valence-electron chi connectivity index (χ4n) is 2.65. The van der Waals surface area contributed by atoms with E-state index in [0.29, 0.717) is 37.8 Å². The molecule has 25 heavy (non-hydrogen) atoms. The Morgan fingerprint density at radius 1 is 1.24 bits per heavy atom. The number of rotatable bonds is 2. The van der Waals surface area contributed by atoms with Gasteiger partial charge in [0.1, 0.15) is 11.5 Å². The van der Waals surface area contributed by atoms with Crippen molar-refractivity contribution in [1.82, 2.24) is 29.9 Å². The van der Waals surface area contributed by atoms with Crippen molar-refractivity contribution < 1.29 is 9.53 Å². The summed E-state index contributed by atoms with van der Waals surface area (Å²) in [5.41, 5.74) is 2.15. The van der Waals surface area contributed by atoms with Crippen LogP contribution in [0.5, 0.6) is 0 Å². The molecule has 3 aromatic heterocycles. The van der Waals surface area contributed by atoms with E-state index in [9.17, 15) is 4.79 Å². The number of urea groups is 1. The number of morpholine rings is 1. The zero-order valence-corrected chi connectivity index (χ0v) is 13.7. The van der Waals surface area contributed by atoms with E-state index in [2.05, 4.69) is 25.6 Å². The number of ether oxygens (including phenoxy) is 1. The summed E-state index contributed by atoms with van der Waals surface area (Å²) in [5, 5.41) is 11.7. The van der Waals surface area contributed by atoms with Gasteiger partial charge in [-0.25, -0.2) is 14.8 Å². The quantitative estimate of drug-likeness (QED) is 0.755. The molecule has 0 unspecified atom stereocenters. The average Bonchev–Trinajstić information content (AvgIpc) is 3.08. The zero-order valence-electron chi connectivity index (χ0n) is 13.7. The Bertz CT molecular complexity index is 918. The SMILES string of the molecule is Cn1cc(-c2ccc3cnc(NC(=O)N4CCOCC4)cc3n2)nn1. The monoisotopic (exact) mass is 339 g/mol. The topological polar surface area (TPSA) is 98.1 Å². The van der Waals surface area contributed by atoms with Gasteiger partial charge in [0.2, 0.25) is 0 Å². The van der Waals surface area contributed by atoms with Crippen LogP contribution in [0.25, 0.3) is 22.3 Å². The molecule has 1 fully saturated rings. The first kappa shape index (κ1) is 15.5. The number of pyridine rings is 2. The average molecular weight is 339 g/mol. The van der Waals surface area contributed by atoms with Gasteiger partial charge in [-0.1, -0.05) is 5.21 Å². The molecule has 0 aliphatic carbocycles. The second kappa shape index (κ2) is 6.44. The number of aryl methyl sites for hydroxylation is 1. The van der Waals surface area contributed by atoms with Crippen LogP contribution in [0, 0.1) is 0 Å². The molecular formula is C16H17N7O2. The van der Waals surface area contributed by atoms with Crippen LogP contribution in [0.1, 0.15) is 0 Å². The number of anilines is 1. The summed E-state index contributed by atoms with van der Waals surface area (Å²) < 4.78 is 6.88. The van der Waals surface area contributed by atoms with Gasteiger partial charge in [0.25, 0.3) is 0 Å². The molecule has 1 N–H and O–H groups in total. The molecule has 0 saturated carbocycles. The number of carbonyl (C=O) groups is 1. The van der Waals surface area contributed by atoms with Gasteiger partial charge in [0.15, 0.2) is 0 Å². The molecule has 0 bridgehead atoms. The summed E-state index contributed by atoms with van der Waals surface area (Å²) in [5.74, 6) is 0.466. The van der Waals surface area contributed by atoms with E-state index < -0.39 is 0 Å². The highest BCUT2D eigenvalue weighted by Crippen LogP contribution is 2.20. The molecule has 0 spiro atoms. The van der Waals surface area contributed by atoms with Gasteiger partial charge in [-0.15, -0.1) is 5.10 Å². The molecule has 0 aromatic carbocycles. The third-order valence-corrected chi connectivity index (χ3v) is 3.97. The molecule has 4 heterocycles. The van der Waals surface area contributed by atoms with Crippen LogP contribution in [0.15, 0.2) is 30.6 Å². The van der Waals surface area contributed by atoms with Crippen molar-refractivity contribution in [2.45, 2.75) is 0 Å². The molecule has 128 valence electrons. The summed E-state index contributed by atoms with van der Waals surface area (Å²) >= 11 is 0. The van der Waals surface area contributed by atoms with Gasteiger partial charge in [0, 0.05) is 37.8 Å². The van der Waals surface area contributed by atoms with Crippen LogP contribution in [0.2, 0.25) is 0 Å². The molecule has 9 nitrogen and oxygen atoms in total. The van der Waals surface area contributed by atoms with Crippen molar-refractivity contribution in [2.24, 2.45) is 7.05 Å². The van der Waals surface area contributed by atoms with E-state index >= 15 is 0 Å². The summed E-state index contributed by atoms with van der Waals surface area (Å²) in [6.45, 7) is 2.27. The number of nitrogens with one attached hydrogen (secondary N) is 1. The van der Waals surface area contributed by atoms with Crippen LogP contribution < -0.4 is 5.32 Å². The van der Waals surface area contributed by atoms with Gasteiger partial charge in [-0.05, 0) is 12.1 Å².